The fourth-order valence-corrected chi connectivity index (χ4v) is 1.94. The van der Waals surface area contributed by atoms with Crippen molar-refractivity contribution in [2.24, 2.45) is 0 Å². The highest BCUT2D eigenvalue weighted by Gasteiger charge is 2.26. The van der Waals surface area contributed by atoms with Crippen LogP contribution in [0.2, 0.25) is 0 Å². The Morgan fingerprint density at radius 1 is 1.53 bits per heavy atom. The van der Waals surface area contributed by atoms with Crippen LogP contribution in [0.15, 0.2) is 24.3 Å². The molecule has 1 aliphatic rings. The molecule has 1 atom stereocenters. The van der Waals surface area contributed by atoms with Crippen molar-refractivity contribution in [1.82, 2.24) is 5.32 Å². The van der Waals surface area contributed by atoms with Crippen LogP contribution in [0.25, 0.3) is 0 Å². The van der Waals surface area contributed by atoms with Gasteiger partial charge in [0.1, 0.15) is 6.04 Å². The van der Waals surface area contributed by atoms with E-state index in [2.05, 4.69) is 11.4 Å². The van der Waals surface area contributed by atoms with E-state index in [4.69, 9.17) is 4.74 Å². The van der Waals surface area contributed by atoms with Gasteiger partial charge in [-0.1, -0.05) is 24.3 Å². The quantitative estimate of drug-likeness (QED) is 0.742. The molecule has 1 aromatic rings. The van der Waals surface area contributed by atoms with E-state index in [9.17, 15) is 4.79 Å². The van der Waals surface area contributed by atoms with Crippen molar-refractivity contribution in [3.05, 3.63) is 35.4 Å². The van der Waals surface area contributed by atoms with E-state index >= 15 is 0 Å². The maximum atomic E-state index is 11.7. The molecular weight excluding hydrogens is 190 g/mol. The van der Waals surface area contributed by atoms with Crippen LogP contribution in [-0.2, 0) is 16.0 Å². The zero-order chi connectivity index (χ0) is 10.7. The summed E-state index contributed by atoms with van der Waals surface area (Å²) < 4.78 is 5.04. The SMILES string of the molecule is CCOC(=O)[C@@H]1NCCc2ccccc21. The average Bonchev–Trinajstić information content (AvgIpc) is 2.28. The van der Waals surface area contributed by atoms with E-state index in [0.717, 1.165) is 18.5 Å². The largest absolute Gasteiger partial charge is 0.465 e. The number of esters is 1. The van der Waals surface area contributed by atoms with E-state index < -0.39 is 0 Å². The fourth-order valence-electron chi connectivity index (χ4n) is 1.94. The van der Waals surface area contributed by atoms with E-state index in [1.807, 2.05) is 25.1 Å². The summed E-state index contributed by atoms with van der Waals surface area (Å²) in [5.74, 6) is -0.176. The molecule has 0 amide bonds. The number of nitrogens with one attached hydrogen (secondary N) is 1. The Bertz CT molecular complexity index is 362. The van der Waals surface area contributed by atoms with Crippen molar-refractivity contribution >= 4 is 5.97 Å². The van der Waals surface area contributed by atoms with Gasteiger partial charge in [-0.15, -0.1) is 0 Å². The molecule has 3 nitrogen and oxygen atoms in total. The van der Waals surface area contributed by atoms with Gasteiger partial charge in [-0.05, 0) is 24.5 Å². The lowest BCUT2D eigenvalue weighted by atomic mass is 9.94. The Morgan fingerprint density at radius 2 is 2.33 bits per heavy atom. The Morgan fingerprint density at radius 3 is 3.13 bits per heavy atom. The van der Waals surface area contributed by atoms with Crippen molar-refractivity contribution in [3.8, 4) is 0 Å². The molecule has 80 valence electrons. The predicted molar refractivity (Wildman–Crippen MR) is 57.5 cm³/mol. The summed E-state index contributed by atoms with van der Waals surface area (Å²) in [6, 6.07) is 7.74. The first-order valence-electron chi connectivity index (χ1n) is 5.30. The van der Waals surface area contributed by atoms with Gasteiger partial charge in [0, 0.05) is 6.54 Å². The molecular formula is C12H15NO2. The van der Waals surface area contributed by atoms with Crippen LogP contribution in [0.3, 0.4) is 0 Å². The summed E-state index contributed by atoms with van der Waals surface area (Å²) in [5.41, 5.74) is 2.30. The second kappa shape index (κ2) is 4.45. The second-order valence-electron chi connectivity index (χ2n) is 3.59. The molecule has 0 unspecified atom stereocenters. The number of carbonyl (C=O) groups excluding carboxylic acids is 1. The van der Waals surface area contributed by atoms with E-state index in [0.29, 0.717) is 6.61 Å². The van der Waals surface area contributed by atoms with E-state index in [1.165, 1.54) is 5.56 Å². The number of rotatable bonds is 2. The number of fused-ring (bicyclic) bond motifs is 1. The molecule has 1 heterocycles. The third-order valence-corrected chi connectivity index (χ3v) is 2.63. The van der Waals surface area contributed by atoms with Crippen LogP contribution < -0.4 is 5.32 Å². The summed E-state index contributed by atoms with van der Waals surface area (Å²) in [6.07, 6.45) is 0.978. The van der Waals surface area contributed by atoms with Crippen LogP contribution in [-0.4, -0.2) is 19.1 Å². The van der Waals surface area contributed by atoms with Crippen molar-refractivity contribution < 1.29 is 9.53 Å². The van der Waals surface area contributed by atoms with Gasteiger partial charge < -0.3 is 10.1 Å². The lowest BCUT2D eigenvalue weighted by molar-refractivity contribution is -0.146. The topological polar surface area (TPSA) is 38.3 Å². The Balaban J connectivity index is 2.25. The molecule has 0 bridgehead atoms. The summed E-state index contributed by atoms with van der Waals surface area (Å²) in [7, 11) is 0. The monoisotopic (exact) mass is 205 g/mol. The molecule has 1 aromatic carbocycles. The molecule has 3 heteroatoms. The normalized spacial score (nSPS) is 19.4. The van der Waals surface area contributed by atoms with Gasteiger partial charge in [0.25, 0.3) is 0 Å². The van der Waals surface area contributed by atoms with Gasteiger partial charge >= 0.3 is 5.97 Å². The third-order valence-electron chi connectivity index (χ3n) is 2.63. The van der Waals surface area contributed by atoms with Crippen LogP contribution >= 0.6 is 0 Å². The number of ether oxygens (including phenoxy) is 1. The smallest absolute Gasteiger partial charge is 0.327 e. The van der Waals surface area contributed by atoms with Gasteiger partial charge in [0.2, 0.25) is 0 Å². The first-order chi connectivity index (χ1) is 7.33. The van der Waals surface area contributed by atoms with Gasteiger partial charge in [0.05, 0.1) is 6.61 Å². The molecule has 0 saturated carbocycles. The van der Waals surface area contributed by atoms with E-state index in [1.54, 1.807) is 0 Å². The van der Waals surface area contributed by atoms with Crippen LogP contribution in [0, 0.1) is 0 Å². The summed E-state index contributed by atoms with van der Waals surface area (Å²) >= 11 is 0. The van der Waals surface area contributed by atoms with Gasteiger partial charge in [-0.3, -0.25) is 0 Å². The molecule has 0 aliphatic carbocycles. The molecule has 0 saturated heterocycles. The van der Waals surface area contributed by atoms with Gasteiger partial charge in [-0.25, -0.2) is 4.79 Å². The minimum absolute atomic E-state index is 0.176. The highest BCUT2D eigenvalue weighted by Crippen LogP contribution is 2.23. The molecule has 15 heavy (non-hydrogen) atoms. The lowest BCUT2D eigenvalue weighted by Crippen LogP contribution is -2.36. The molecule has 0 aromatic heterocycles. The van der Waals surface area contributed by atoms with Crippen LogP contribution in [0.4, 0.5) is 0 Å². The third kappa shape index (κ3) is 2.02. The minimum atomic E-state index is -0.283. The second-order valence-corrected chi connectivity index (χ2v) is 3.59. The maximum Gasteiger partial charge on any atom is 0.327 e. The van der Waals surface area contributed by atoms with Gasteiger partial charge in [-0.2, -0.15) is 0 Å². The van der Waals surface area contributed by atoms with E-state index in [-0.39, 0.29) is 12.0 Å². The van der Waals surface area contributed by atoms with Crippen LogP contribution in [0.1, 0.15) is 24.1 Å². The number of hydrogen-bond donors (Lipinski definition) is 1. The molecule has 0 spiro atoms. The zero-order valence-corrected chi connectivity index (χ0v) is 8.82. The Labute approximate surface area is 89.4 Å². The predicted octanol–water partition coefficient (Wildman–Crippen LogP) is 1.44. The first kappa shape index (κ1) is 10.2. The highest BCUT2D eigenvalue weighted by molar-refractivity contribution is 5.78. The van der Waals surface area contributed by atoms with Crippen LogP contribution in [0.5, 0.6) is 0 Å². The Kier molecular flexibility index (Phi) is 3.02. The standard InChI is InChI=1S/C12H15NO2/c1-2-15-12(14)11-10-6-4-3-5-9(10)7-8-13-11/h3-6,11,13H,2,7-8H2,1H3/t11-/m1/s1. The number of benzene rings is 1. The van der Waals surface area contributed by atoms with Crippen molar-refractivity contribution in [2.45, 2.75) is 19.4 Å². The van der Waals surface area contributed by atoms with Crippen molar-refractivity contribution in [3.63, 3.8) is 0 Å². The molecule has 0 fully saturated rings. The van der Waals surface area contributed by atoms with Gasteiger partial charge in [0.15, 0.2) is 0 Å². The highest BCUT2D eigenvalue weighted by atomic mass is 16.5. The Hall–Kier alpha value is -1.35. The first-order valence-corrected chi connectivity index (χ1v) is 5.30. The maximum absolute atomic E-state index is 11.7. The number of hydrogen-bond acceptors (Lipinski definition) is 3. The lowest BCUT2D eigenvalue weighted by Gasteiger charge is -2.25. The van der Waals surface area contributed by atoms with Crippen molar-refractivity contribution in [2.75, 3.05) is 13.2 Å². The molecule has 1 N–H and O–H groups in total. The molecule has 1 aliphatic heterocycles. The fraction of sp³-hybridized carbons (Fsp3) is 0.417. The minimum Gasteiger partial charge on any atom is -0.465 e. The molecule has 0 radical (unpaired) electrons. The summed E-state index contributed by atoms with van der Waals surface area (Å²) in [5, 5.41) is 3.19. The molecule has 2 rings (SSSR count). The average molecular weight is 205 g/mol. The zero-order valence-electron chi connectivity index (χ0n) is 8.82. The van der Waals surface area contributed by atoms with Crippen molar-refractivity contribution in [1.29, 1.82) is 0 Å². The summed E-state index contributed by atoms with van der Waals surface area (Å²) in [6.45, 7) is 3.09. The summed E-state index contributed by atoms with van der Waals surface area (Å²) in [4.78, 5) is 11.7. The number of carbonyl (C=O) groups is 1.